The SMILES string of the molecule is Cc1cc(C)nc(NC2CCC2)c1. The van der Waals surface area contributed by atoms with Gasteiger partial charge in [0.2, 0.25) is 0 Å². The van der Waals surface area contributed by atoms with Crippen molar-refractivity contribution in [3.8, 4) is 0 Å². The maximum atomic E-state index is 4.44. The minimum Gasteiger partial charge on any atom is -0.367 e. The number of hydrogen-bond donors (Lipinski definition) is 1. The largest absolute Gasteiger partial charge is 0.367 e. The highest BCUT2D eigenvalue weighted by Crippen LogP contribution is 2.22. The standard InChI is InChI=1S/C11H16N2/c1-8-6-9(2)12-11(7-8)13-10-4-3-5-10/h6-7,10H,3-5H2,1-2H3,(H,12,13). The summed E-state index contributed by atoms with van der Waals surface area (Å²) < 4.78 is 0. The number of nitrogens with one attached hydrogen (secondary N) is 1. The van der Waals surface area contributed by atoms with E-state index in [1.807, 2.05) is 6.92 Å². The van der Waals surface area contributed by atoms with Crippen molar-refractivity contribution in [2.45, 2.75) is 39.2 Å². The third kappa shape index (κ3) is 2.00. The van der Waals surface area contributed by atoms with E-state index in [1.165, 1.54) is 24.8 Å². The average Bonchev–Trinajstić information content (AvgIpc) is 1.95. The van der Waals surface area contributed by atoms with Crippen LogP contribution in [0.1, 0.15) is 30.5 Å². The first-order valence-corrected chi connectivity index (χ1v) is 4.96. The Morgan fingerprint density at radius 1 is 1.31 bits per heavy atom. The molecule has 0 bridgehead atoms. The highest BCUT2D eigenvalue weighted by Gasteiger charge is 2.17. The van der Waals surface area contributed by atoms with Gasteiger partial charge in [-0.25, -0.2) is 4.98 Å². The van der Waals surface area contributed by atoms with E-state index in [9.17, 15) is 0 Å². The van der Waals surface area contributed by atoms with Crippen molar-refractivity contribution in [1.82, 2.24) is 4.98 Å². The lowest BCUT2D eigenvalue weighted by atomic mass is 9.93. The first kappa shape index (κ1) is 8.54. The third-order valence-corrected chi connectivity index (χ3v) is 2.55. The molecule has 0 spiro atoms. The Labute approximate surface area is 79.4 Å². The van der Waals surface area contributed by atoms with E-state index in [1.54, 1.807) is 0 Å². The van der Waals surface area contributed by atoms with Crippen LogP contribution in [-0.2, 0) is 0 Å². The van der Waals surface area contributed by atoms with Gasteiger partial charge < -0.3 is 5.32 Å². The Kier molecular flexibility index (Phi) is 2.21. The number of aryl methyl sites for hydroxylation is 2. The third-order valence-electron chi connectivity index (χ3n) is 2.55. The Morgan fingerprint density at radius 2 is 2.08 bits per heavy atom. The zero-order valence-corrected chi connectivity index (χ0v) is 8.30. The lowest BCUT2D eigenvalue weighted by molar-refractivity contribution is 0.444. The van der Waals surface area contributed by atoms with Crippen LogP contribution in [0.5, 0.6) is 0 Å². The number of nitrogens with zero attached hydrogens (tertiary/aromatic N) is 1. The molecule has 0 aliphatic heterocycles. The van der Waals surface area contributed by atoms with Gasteiger partial charge in [-0.3, -0.25) is 0 Å². The molecule has 1 fully saturated rings. The van der Waals surface area contributed by atoms with E-state index in [0.717, 1.165) is 11.5 Å². The molecule has 1 N–H and O–H groups in total. The molecule has 1 aliphatic carbocycles. The first-order valence-electron chi connectivity index (χ1n) is 4.96. The van der Waals surface area contributed by atoms with Crippen LogP contribution >= 0.6 is 0 Å². The molecule has 0 saturated heterocycles. The molecule has 13 heavy (non-hydrogen) atoms. The summed E-state index contributed by atoms with van der Waals surface area (Å²) in [5.74, 6) is 1.04. The molecule has 0 radical (unpaired) electrons. The lowest BCUT2D eigenvalue weighted by Crippen LogP contribution is -2.27. The van der Waals surface area contributed by atoms with Gasteiger partial charge in [-0.05, 0) is 50.8 Å². The second-order valence-corrected chi connectivity index (χ2v) is 3.94. The van der Waals surface area contributed by atoms with Crippen LogP contribution < -0.4 is 5.32 Å². The second-order valence-electron chi connectivity index (χ2n) is 3.94. The van der Waals surface area contributed by atoms with Gasteiger partial charge in [0.15, 0.2) is 0 Å². The van der Waals surface area contributed by atoms with E-state index in [0.29, 0.717) is 6.04 Å². The predicted octanol–water partition coefficient (Wildman–Crippen LogP) is 2.66. The molecule has 2 rings (SSSR count). The molecule has 1 heterocycles. The summed E-state index contributed by atoms with van der Waals surface area (Å²) in [6.45, 7) is 4.15. The maximum Gasteiger partial charge on any atom is 0.126 e. The summed E-state index contributed by atoms with van der Waals surface area (Å²) in [4.78, 5) is 4.44. The van der Waals surface area contributed by atoms with Crippen LogP contribution in [0.4, 0.5) is 5.82 Å². The molecule has 1 aromatic heterocycles. The Bertz CT molecular complexity index is 283. The first-order chi connectivity index (χ1) is 6.24. The van der Waals surface area contributed by atoms with Gasteiger partial charge in [0.05, 0.1) is 0 Å². The van der Waals surface area contributed by atoms with Crippen molar-refractivity contribution >= 4 is 5.82 Å². The van der Waals surface area contributed by atoms with Crippen molar-refractivity contribution in [3.63, 3.8) is 0 Å². The molecule has 1 aliphatic rings. The average molecular weight is 176 g/mol. The fourth-order valence-electron chi connectivity index (χ4n) is 1.68. The second kappa shape index (κ2) is 3.36. The Balaban J connectivity index is 2.10. The van der Waals surface area contributed by atoms with Crippen LogP contribution in [0, 0.1) is 13.8 Å². The Morgan fingerprint density at radius 3 is 2.62 bits per heavy atom. The van der Waals surface area contributed by atoms with E-state index in [-0.39, 0.29) is 0 Å². The molecular formula is C11H16N2. The molecule has 1 aromatic rings. The van der Waals surface area contributed by atoms with Gasteiger partial charge in [-0.2, -0.15) is 0 Å². The topological polar surface area (TPSA) is 24.9 Å². The van der Waals surface area contributed by atoms with Crippen molar-refractivity contribution in [2.24, 2.45) is 0 Å². The van der Waals surface area contributed by atoms with Crippen LogP contribution in [0.25, 0.3) is 0 Å². The summed E-state index contributed by atoms with van der Waals surface area (Å²) in [6, 6.07) is 4.89. The van der Waals surface area contributed by atoms with E-state index in [4.69, 9.17) is 0 Å². The molecule has 0 unspecified atom stereocenters. The van der Waals surface area contributed by atoms with E-state index in [2.05, 4.69) is 29.4 Å². The summed E-state index contributed by atoms with van der Waals surface area (Å²) >= 11 is 0. The van der Waals surface area contributed by atoms with Gasteiger partial charge in [-0.15, -0.1) is 0 Å². The number of hydrogen-bond acceptors (Lipinski definition) is 2. The predicted molar refractivity (Wildman–Crippen MR) is 55.0 cm³/mol. The van der Waals surface area contributed by atoms with E-state index >= 15 is 0 Å². The number of anilines is 1. The van der Waals surface area contributed by atoms with Gasteiger partial charge in [0.25, 0.3) is 0 Å². The lowest BCUT2D eigenvalue weighted by Gasteiger charge is -2.27. The summed E-state index contributed by atoms with van der Waals surface area (Å²) in [5.41, 5.74) is 2.39. The molecule has 0 amide bonds. The van der Waals surface area contributed by atoms with Crippen LogP contribution in [-0.4, -0.2) is 11.0 Å². The number of aromatic nitrogens is 1. The highest BCUT2D eigenvalue weighted by atomic mass is 15.0. The molecule has 2 nitrogen and oxygen atoms in total. The number of rotatable bonds is 2. The maximum absolute atomic E-state index is 4.44. The Hall–Kier alpha value is -1.05. The molecule has 70 valence electrons. The van der Waals surface area contributed by atoms with Crippen molar-refractivity contribution < 1.29 is 0 Å². The molecule has 0 atom stereocenters. The fourth-order valence-corrected chi connectivity index (χ4v) is 1.68. The molecule has 1 saturated carbocycles. The molecule has 2 heteroatoms. The van der Waals surface area contributed by atoms with Crippen LogP contribution in [0.2, 0.25) is 0 Å². The molecular weight excluding hydrogens is 160 g/mol. The van der Waals surface area contributed by atoms with Gasteiger partial charge in [0.1, 0.15) is 5.82 Å². The van der Waals surface area contributed by atoms with Crippen molar-refractivity contribution in [3.05, 3.63) is 23.4 Å². The zero-order chi connectivity index (χ0) is 9.26. The van der Waals surface area contributed by atoms with Gasteiger partial charge in [0, 0.05) is 11.7 Å². The quantitative estimate of drug-likeness (QED) is 0.749. The minimum atomic E-state index is 0.675. The normalized spacial score (nSPS) is 16.8. The van der Waals surface area contributed by atoms with Gasteiger partial charge in [-0.1, -0.05) is 0 Å². The number of pyridine rings is 1. The van der Waals surface area contributed by atoms with Crippen molar-refractivity contribution in [1.29, 1.82) is 0 Å². The highest BCUT2D eigenvalue weighted by molar-refractivity contribution is 5.40. The molecule has 0 aromatic carbocycles. The smallest absolute Gasteiger partial charge is 0.126 e. The van der Waals surface area contributed by atoms with Crippen LogP contribution in [0.3, 0.4) is 0 Å². The fraction of sp³-hybridized carbons (Fsp3) is 0.545. The summed E-state index contributed by atoms with van der Waals surface area (Å²) in [6.07, 6.45) is 3.96. The van der Waals surface area contributed by atoms with E-state index < -0.39 is 0 Å². The van der Waals surface area contributed by atoms with Crippen molar-refractivity contribution in [2.75, 3.05) is 5.32 Å². The van der Waals surface area contributed by atoms with Crippen LogP contribution in [0.15, 0.2) is 12.1 Å². The monoisotopic (exact) mass is 176 g/mol. The summed E-state index contributed by atoms with van der Waals surface area (Å²) in [5, 5.41) is 3.45. The minimum absolute atomic E-state index is 0.675. The van der Waals surface area contributed by atoms with Gasteiger partial charge >= 0.3 is 0 Å². The summed E-state index contributed by atoms with van der Waals surface area (Å²) in [7, 11) is 0. The zero-order valence-electron chi connectivity index (χ0n) is 8.30.